The Kier molecular flexibility index (Phi) is 4.19. The van der Waals surface area contributed by atoms with Crippen LogP contribution in [0.5, 0.6) is 0 Å². The molecule has 148 valence electrons. The van der Waals surface area contributed by atoms with E-state index in [1.165, 1.54) is 37.2 Å². The number of fused-ring (bicyclic) bond motifs is 1. The normalized spacial score (nSPS) is 23.4. The summed E-state index contributed by atoms with van der Waals surface area (Å²) in [7, 11) is 0. The summed E-state index contributed by atoms with van der Waals surface area (Å²) in [6, 6.07) is 7.68. The topological polar surface area (TPSA) is 82.4 Å². The number of carbonyl (C=O) groups is 2. The molecule has 0 aliphatic carbocycles. The molecular formula is C21H19FN4O3. The van der Waals surface area contributed by atoms with Gasteiger partial charge < -0.3 is 19.2 Å². The number of aromatic amines is 1. The maximum absolute atomic E-state index is 14.0. The second kappa shape index (κ2) is 6.88. The zero-order chi connectivity index (χ0) is 20.0. The first kappa shape index (κ1) is 17.7. The van der Waals surface area contributed by atoms with Crippen LogP contribution in [0.4, 0.5) is 4.39 Å². The number of imidazole rings is 1. The van der Waals surface area contributed by atoms with Crippen LogP contribution < -0.4 is 0 Å². The molecule has 2 fully saturated rings. The molecule has 2 aromatic heterocycles. The van der Waals surface area contributed by atoms with Gasteiger partial charge in [0.2, 0.25) is 0 Å². The van der Waals surface area contributed by atoms with E-state index in [1.807, 2.05) is 6.07 Å². The predicted octanol–water partition coefficient (Wildman–Crippen LogP) is 2.73. The molecule has 8 heteroatoms. The van der Waals surface area contributed by atoms with E-state index in [1.54, 1.807) is 21.9 Å². The molecule has 2 saturated heterocycles. The van der Waals surface area contributed by atoms with Gasteiger partial charge in [-0.2, -0.15) is 0 Å². The van der Waals surface area contributed by atoms with Crippen molar-refractivity contribution < 1.29 is 18.4 Å². The number of furan rings is 1. The fourth-order valence-electron chi connectivity index (χ4n) is 4.63. The number of nitrogens with zero attached hydrogens (tertiary/aromatic N) is 3. The zero-order valence-corrected chi connectivity index (χ0v) is 15.5. The standard InChI is InChI=1S/C21H19FN4O3/c22-16-3-1-2-13(6-16)19-17-10-25(21(28)18-7-23-12-24-18)8-15(17)9-26(19)20(27)14-4-5-29-11-14/h1-7,11-12,15,17,19H,8-10H2,(H,23,24)/t15-,17-,19+/m0/s1. The van der Waals surface area contributed by atoms with Gasteiger partial charge in [-0.3, -0.25) is 9.59 Å². The molecule has 29 heavy (non-hydrogen) atoms. The van der Waals surface area contributed by atoms with Crippen molar-refractivity contribution in [2.75, 3.05) is 19.6 Å². The van der Waals surface area contributed by atoms with Gasteiger partial charge in [-0.05, 0) is 23.8 Å². The number of H-pyrrole nitrogens is 1. The van der Waals surface area contributed by atoms with Gasteiger partial charge in [-0.15, -0.1) is 0 Å². The fourth-order valence-corrected chi connectivity index (χ4v) is 4.63. The molecule has 3 atom stereocenters. The van der Waals surface area contributed by atoms with E-state index in [4.69, 9.17) is 4.42 Å². The van der Waals surface area contributed by atoms with Crippen molar-refractivity contribution in [3.63, 3.8) is 0 Å². The second-order valence-corrected chi connectivity index (χ2v) is 7.57. The molecule has 1 N–H and O–H groups in total. The summed E-state index contributed by atoms with van der Waals surface area (Å²) in [5.74, 6) is -0.452. The largest absolute Gasteiger partial charge is 0.472 e. The van der Waals surface area contributed by atoms with Crippen LogP contribution in [0, 0.1) is 17.7 Å². The molecule has 3 aromatic rings. The number of aromatic nitrogens is 2. The molecule has 2 aliphatic heterocycles. The van der Waals surface area contributed by atoms with Crippen LogP contribution in [0.1, 0.15) is 32.5 Å². The van der Waals surface area contributed by atoms with Crippen molar-refractivity contribution in [3.8, 4) is 0 Å². The van der Waals surface area contributed by atoms with Crippen LogP contribution in [-0.4, -0.2) is 51.2 Å². The molecule has 4 heterocycles. The number of hydrogen-bond acceptors (Lipinski definition) is 4. The molecular weight excluding hydrogens is 375 g/mol. The average molecular weight is 394 g/mol. The summed E-state index contributed by atoms with van der Waals surface area (Å²) >= 11 is 0. The van der Waals surface area contributed by atoms with Crippen LogP contribution in [0.25, 0.3) is 0 Å². The minimum Gasteiger partial charge on any atom is -0.472 e. The molecule has 0 unspecified atom stereocenters. The van der Waals surface area contributed by atoms with Crippen LogP contribution in [-0.2, 0) is 0 Å². The van der Waals surface area contributed by atoms with E-state index < -0.39 is 0 Å². The van der Waals surface area contributed by atoms with E-state index in [9.17, 15) is 14.0 Å². The molecule has 2 amide bonds. The Bertz CT molecular complexity index is 1030. The van der Waals surface area contributed by atoms with Crippen LogP contribution in [0.15, 0.2) is 59.8 Å². The Morgan fingerprint density at radius 1 is 1.17 bits per heavy atom. The van der Waals surface area contributed by atoms with Crippen LogP contribution in [0.2, 0.25) is 0 Å². The third-order valence-electron chi connectivity index (χ3n) is 5.90. The number of amides is 2. The van der Waals surface area contributed by atoms with E-state index >= 15 is 0 Å². The smallest absolute Gasteiger partial charge is 0.271 e. The van der Waals surface area contributed by atoms with Crippen molar-refractivity contribution >= 4 is 11.8 Å². The Labute approximate surface area is 166 Å². The average Bonchev–Trinajstić information content (AvgIpc) is 3.51. The molecule has 7 nitrogen and oxygen atoms in total. The van der Waals surface area contributed by atoms with E-state index in [0.717, 1.165) is 5.56 Å². The lowest BCUT2D eigenvalue weighted by Gasteiger charge is -2.29. The lowest BCUT2D eigenvalue weighted by atomic mass is 9.89. The summed E-state index contributed by atoms with van der Waals surface area (Å²) in [6.45, 7) is 1.55. The maximum Gasteiger partial charge on any atom is 0.271 e. The monoisotopic (exact) mass is 394 g/mol. The van der Waals surface area contributed by atoms with Crippen molar-refractivity contribution in [2.45, 2.75) is 6.04 Å². The Morgan fingerprint density at radius 3 is 2.79 bits per heavy atom. The minimum absolute atomic E-state index is 0.0273. The van der Waals surface area contributed by atoms with Crippen molar-refractivity contribution in [2.24, 2.45) is 11.8 Å². The molecule has 0 spiro atoms. The highest BCUT2D eigenvalue weighted by molar-refractivity contribution is 5.95. The minimum atomic E-state index is -0.343. The number of benzene rings is 1. The number of hydrogen-bond donors (Lipinski definition) is 1. The van der Waals surface area contributed by atoms with E-state index in [0.29, 0.717) is 30.9 Å². The zero-order valence-electron chi connectivity index (χ0n) is 15.5. The number of nitrogens with one attached hydrogen (secondary N) is 1. The van der Waals surface area contributed by atoms with Crippen molar-refractivity contribution in [1.82, 2.24) is 19.8 Å². The number of carbonyl (C=O) groups excluding carboxylic acids is 2. The maximum atomic E-state index is 14.0. The summed E-state index contributed by atoms with van der Waals surface area (Å²) in [5, 5.41) is 0. The van der Waals surface area contributed by atoms with Crippen molar-refractivity contribution in [1.29, 1.82) is 0 Å². The first-order chi connectivity index (χ1) is 14.1. The summed E-state index contributed by atoms with van der Waals surface area (Å²) in [4.78, 5) is 36.2. The second-order valence-electron chi connectivity index (χ2n) is 7.57. The molecule has 0 radical (unpaired) electrons. The Morgan fingerprint density at radius 2 is 2.07 bits per heavy atom. The molecule has 5 rings (SSSR count). The predicted molar refractivity (Wildman–Crippen MR) is 100 cm³/mol. The van der Waals surface area contributed by atoms with E-state index in [-0.39, 0.29) is 35.5 Å². The van der Waals surface area contributed by atoms with Gasteiger partial charge in [-0.1, -0.05) is 12.1 Å². The van der Waals surface area contributed by atoms with Gasteiger partial charge in [0.05, 0.1) is 30.4 Å². The summed E-state index contributed by atoms with van der Waals surface area (Å²) in [6.07, 6.45) is 5.87. The molecule has 0 bridgehead atoms. The lowest BCUT2D eigenvalue weighted by molar-refractivity contribution is 0.0674. The van der Waals surface area contributed by atoms with Gasteiger partial charge >= 0.3 is 0 Å². The number of rotatable bonds is 3. The molecule has 1 aromatic carbocycles. The van der Waals surface area contributed by atoms with Gasteiger partial charge in [0.25, 0.3) is 11.8 Å². The third kappa shape index (κ3) is 3.00. The quantitative estimate of drug-likeness (QED) is 0.741. The van der Waals surface area contributed by atoms with Crippen LogP contribution >= 0.6 is 0 Å². The van der Waals surface area contributed by atoms with E-state index in [2.05, 4.69) is 9.97 Å². The SMILES string of the molecule is O=C(c1cnc[nH]1)N1C[C@H]2CN(C(=O)c3ccoc3)[C@H](c3cccc(F)c3)[C@H]2C1. The first-order valence-electron chi connectivity index (χ1n) is 9.48. The molecule has 2 aliphatic rings. The highest BCUT2D eigenvalue weighted by Crippen LogP contribution is 2.45. The first-order valence-corrected chi connectivity index (χ1v) is 9.48. The summed E-state index contributed by atoms with van der Waals surface area (Å²) in [5.41, 5.74) is 1.65. The van der Waals surface area contributed by atoms with Crippen LogP contribution in [0.3, 0.4) is 0 Å². The molecule has 0 saturated carbocycles. The van der Waals surface area contributed by atoms with Gasteiger partial charge in [0.15, 0.2) is 0 Å². The van der Waals surface area contributed by atoms with Gasteiger partial charge in [-0.25, -0.2) is 9.37 Å². The van der Waals surface area contributed by atoms with Gasteiger partial charge in [0.1, 0.15) is 17.8 Å². The van der Waals surface area contributed by atoms with Crippen molar-refractivity contribution in [3.05, 3.63) is 78.0 Å². The highest BCUT2D eigenvalue weighted by atomic mass is 19.1. The number of likely N-dealkylation sites (tertiary alicyclic amines) is 2. The third-order valence-corrected chi connectivity index (χ3v) is 5.90. The highest BCUT2D eigenvalue weighted by Gasteiger charge is 2.50. The fraction of sp³-hybridized carbons (Fsp3) is 0.286. The number of halogens is 1. The van der Waals surface area contributed by atoms with Gasteiger partial charge in [0, 0.05) is 31.5 Å². The Hall–Kier alpha value is -3.42. The summed E-state index contributed by atoms with van der Waals surface area (Å²) < 4.78 is 19.0. The lowest BCUT2D eigenvalue weighted by Crippen LogP contribution is -2.37. The Balaban J connectivity index is 1.46.